The molecule has 2 N–H and O–H groups in total. The Balaban J connectivity index is 1.17. The number of aromatic hydroxyl groups is 1. The number of aliphatic hydroxyl groups is 1. The highest BCUT2D eigenvalue weighted by Crippen LogP contribution is 2.65. The SMILES string of the molecule is CCCCN(C)C(=O)COCCCCCc1ccc([C@H]2C[C@@]3(C)C(CC[C@@H]3O)C3CCc4cc(O)ccc4C32)cc1. The van der Waals surface area contributed by atoms with Crippen LogP contribution in [0.25, 0.3) is 0 Å². The molecular weight excluding hydrogens is 510 g/mol. The largest absolute Gasteiger partial charge is 0.508 e. The van der Waals surface area contributed by atoms with E-state index >= 15 is 0 Å². The van der Waals surface area contributed by atoms with Crippen LogP contribution in [-0.2, 0) is 22.4 Å². The normalized spacial score (nSPS) is 28.5. The number of aryl methyl sites for hydroxylation is 2. The van der Waals surface area contributed by atoms with Crippen molar-refractivity contribution in [2.75, 3.05) is 26.8 Å². The minimum absolute atomic E-state index is 0.0173. The van der Waals surface area contributed by atoms with Crippen molar-refractivity contribution in [2.45, 2.75) is 102 Å². The highest BCUT2D eigenvalue weighted by atomic mass is 16.5. The summed E-state index contributed by atoms with van der Waals surface area (Å²) in [5.74, 6) is 2.44. The standard InChI is InChI=1S/C36H51NO4/c1-4-5-20-37(3)34(40)24-41-21-8-6-7-9-25-10-12-26(13-11-25)31-23-36(2)32(18-19-33(36)39)30-16-14-27-22-28(38)15-17-29(27)35(30)31/h10-13,15,17,22,30-33,35,38-39H,4-9,14,16,18-21,23-24H2,1-3H3/t30?,31-,32?,33+,35?,36+/m1/s1. The Bertz CT molecular complexity index is 1160. The Morgan fingerprint density at radius 1 is 1.05 bits per heavy atom. The number of fused-ring (bicyclic) bond motifs is 5. The van der Waals surface area contributed by atoms with E-state index in [0.29, 0.717) is 36.0 Å². The number of carbonyl (C=O) groups excluding carboxylic acids is 1. The van der Waals surface area contributed by atoms with Gasteiger partial charge in [0.05, 0.1) is 6.10 Å². The maximum Gasteiger partial charge on any atom is 0.248 e. The molecule has 0 aromatic heterocycles. The van der Waals surface area contributed by atoms with Crippen LogP contribution in [0.15, 0.2) is 42.5 Å². The fourth-order valence-electron chi connectivity index (χ4n) is 8.42. The average molecular weight is 562 g/mol. The summed E-state index contributed by atoms with van der Waals surface area (Å²) < 4.78 is 5.63. The smallest absolute Gasteiger partial charge is 0.248 e. The predicted octanol–water partition coefficient (Wildman–Crippen LogP) is 6.99. The molecule has 1 amide bonds. The van der Waals surface area contributed by atoms with Crippen molar-refractivity contribution >= 4 is 5.91 Å². The molecule has 3 aliphatic rings. The van der Waals surface area contributed by atoms with Gasteiger partial charge in [0.15, 0.2) is 0 Å². The van der Waals surface area contributed by atoms with Crippen molar-refractivity contribution in [1.82, 2.24) is 4.90 Å². The summed E-state index contributed by atoms with van der Waals surface area (Å²) in [4.78, 5) is 13.9. The summed E-state index contributed by atoms with van der Waals surface area (Å²) in [6.07, 6.45) is 11.4. The van der Waals surface area contributed by atoms with Crippen molar-refractivity contribution in [1.29, 1.82) is 0 Å². The number of ether oxygens (including phenoxy) is 1. The molecule has 0 bridgehead atoms. The Morgan fingerprint density at radius 3 is 2.63 bits per heavy atom. The summed E-state index contributed by atoms with van der Waals surface area (Å²) >= 11 is 0. The number of hydrogen-bond donors (Lipinski definition) is 2. The number of aliphatic hydroxyl groups excluding tert-OH is 1. The van der Waals surface area contributed by atoms with Crippen molar-refractivity contribution < 1.29 is 19.7 Å². The molecule has 0 saturated heterocycles. The molecule has 5 rings (SSSR count). The van der Waals surface area contributed by atoms with E-state index in [9.17, 15) is 15.0 Å². The molecule has 2 aromatic rings. The van der Waals surface area contributed by atoms with Crippen molar-refractivity contribution in [3.8, 4) is 5.75 Å². The molecule has 2 aromatic carbocycles. The van der Waals surface area contributed by atoms with Gasteiger partial charge in [-0.25, -0.2) is 0 Å². The van der Waals surface area contributed by atoms with Gasteiger partial charge in [0, 0.05) is 20.2 Å². The third-order valence-electron chi connectivity index (χ3n) is 10.8. The van der Waals surface area contributed by atoms with Crippen LogP contribution < -0.4 is 0 Å². The van der Waals surface area contributed by atoms with E-state index in [-0.39, 0.29) is 24.0 Å². The van der Waals surface area contributed by atoms with E-state index < -0.39 is 0 Å². The lowest BCUT2D eigenvalue weighted by Crippen LogP contribution is -2.47. The lowest BCUT2D eigenvalue weighted by molar-refractivity contribution is -0.134. The summed E-state index contributed by atoms with van der Waals surface area (Å²) in [5, 5.41) is 21.3. The molecule has 3 aliphatic carbocycles. The van der Waals surface area contributed by atoms with E-state index in [0.717, 1.165) is 77.2 Å². The van der Waals surface area contributed by atoms with Crippen LogP contribution in [0.3, 0.4) is 0 Å². The molecule has 5 heteroatoms. The highest BCUT2D eigenvalue weighted by molar-refractivity contribution is 5.77. The number of unbranched alkanes of at least 4 members (excludes halogenated alkanes) is 3. The number of nitrogens with zero attached hydrogens (tertiary/aromatic N) is 1. The van der Waals surface area contributed by atoms with E-state index in [1.54, 1.807) is 4.90 Å². The number of benzene rings is 2. The van der Waals surface area contributed by atoms with Gasteiger partial charge in [-0.1, -0.05) is 57.0 Å². The van der Waals surface area contributed by atoms with Gasteiger partial charge in [-0.3, -0.25) is 4.79 Å². The molecule has 2 fully saturated rings. The molecule has 3 unspecified atom stereocenters. The summed E-state index contributed by atoms with van der Waals surface area (Å²) in [5.41, 5.74) is 5.48. The van der Waals surface area contributed by atoms with Gasteiger partial charge in [-0.05, 0) is 121 Å². The summed E-state index contributed by atoms with van der Waals surface area (Å²) in [6, 6.07) is 15.4. The van der Waals surface area contributed by atoms with Gasteiger partial charge < -0.3 is 19.8 Å². The van der Waals surface area contributed by atoms with Gasteiger partial charge >= 0.3 is 0 Å². The van der Waals surface area contributed by atoms with Crippen LogP contribution in [0.5, 0.6) is 5.75 Å². The van der Waals surface area contributed by atoms with Crippen LogP contribution in [0, 0.1) is 17.3 Å². The monoisotopic (exact) mass is 561 g/mol. The topological polar surface area (TPSA) is 70.0 Å². The second-order valence-corrected chi connectivity index (χ2v) is 13.4. The quantitative estimate of drug-likeness (QED) is 0.274. The molecule has 41 heavy (non-hydrogen) atoms. The first-order chi connectivity index (χ1) is 19.8. The second kappa shape index (κ2) is 13.3. The zero-order valence-electron chi connectivity index (χ0n) is 25.5. The van der Waals surface area contributed by atoms with Gasteiger partial charge in [-0.2, -0.15) is 0 Å². The fourth-order valence-corrected chi connectivity index (χ4v) is 8.42. The molecule has 0 spiro atoms. The molecule has 6 atom stereocenters. The lowest BCUT2D eigenvalue weighted by atomic mass is 9.51. The van der Waals surface area contributed by atoms with Gasteiger partial charge in [0.1, 0.15) is 12.4 Å². The number of carbonyl (C=O) groups is 1. The Hall–Kier alpha value is -2.37. The number of phenols is 1. The third-order valence-corrected chi connectivity index (χ3v) is 10.8. The molecule has 2 saturated carbocycles. The molecule has 224 valence electrons. The van der Waals surface area contributed by atoms with E-state index in [1.807, 2.05) is 19.2 Å². The highest BCUT2D eigenvalue weighted by Gasteiger charge is 2.57. The lowest BCUT2D eigenvalue weighted by Gasteiger charge is -2.54. The van der Waals surface area contributed by atoms with Crippen molar-refractivity contribution in [2.24, 2.45) is 17.3 Å². The predicted molar refractivity (Wildman–Crippen MR) is 164 cm³/mol. The first kappa shape index (κ1) is 30.1. The van der Waals surface area contributed by atoms with E-state index in [4.69, 9.17) is 4.74 Å². The van der Waals surface area contributed by atoms with Gasteiger partial charge in [0.2, 0.25) is 5.91 Å². The molecule has 0 aliphatic heterocycles. The summed E-state index contributed by atoms with van der Waals surface area (Å²) in [6.45, 7) is 6.12. The van der Waals surface area contributed by atoms with Crippen LogP contribution >= 0.6 is 0 Å². The number of likely N-dealkylation sites (N-methyl/N-ethyl adjacent to an activating group) is 1. The van der Waals surface area contributed by atoms with Crippen LogP contribution in [0.1, 0.15) is 106 Å². The Morgan fingerprint density at radius 2 is 1.85 bits per heavy atom. The van der Waals surface area contributed by atoms with Crippen LogP contribution in [0.2, 0.25) is 0 Å². The van der Waals surface area contributed by atoms with Gasteiger partial charge in [0.25, 0.3) is 0 Å². The molecule has 5 nitrogen and oxygen atoms in total. The van der Waals surface area contributed by atoms with Gasteiger partial charge in [-0.15, -0.1) is 0 Å². The second-order valence-electron chi connectivity index (χ2n) is 13.4. The minimum Gasteiger partial charge on any atom is -0.508 e. The maximum atomic E-state index is 12.1. The minimum atomic E-state index is -0.208. The number of phenolic OH excluding ortho intramolecular Hbond substituents is 1. The van der Waals surface area contributed by atoms with Crippen LogP contribution in [0.4, 0.5) is 0 Å². The van der Waals surface area contributed by atoms with Crippen LogP contribution in [-0.4, -0.2) is 53.9 Å². The third kappa shape index (κ3) is 6.51. The Kier molecular flexibility index (Phi) is 9.76. The molecular formula is C36H51NO4. The van der Waals surface area contributed by atoms with Crippen molar-refractivity contribution in [3.05, 3.63) is 64.7 Å². The first-order valence-corrected chi connectivity index (χ1v) is 16.2. The zero-order valence-corrected chi connectivity index (χ0v) is 25.5. The number of rotatable bonds is 12. The van der Waals surface area contributed by atoms with E-state index in [1.165, 1.54) is 22.3 Å². The molecule has 0 heterocycles. The number of amides is 1. The Labute approximate surface area is 247 Å². The average Bonchev–Trinajstić information content (AvgIpc) is 3.28. The fraction of sp³-hybridized carbons (Fsp3) is 0.639. The zero-order chi connectivity index (χ0) is 29.0. The molecule has 0 radical (unpaired) electrons. The maximum absolute atomic E-state index is 12.1. The summed E-state index contributed by atoms with van der Waals surface area (Å²) in [7, 11) is 1.86. The first-order valence-electron chi connectivity index (χ1n) is 16.2. The van der Waals surface area contributed by atoms with Crippen molar-refractivity contribution in [3.63, 3.8) is 0 Å². The van der Waals surface area contributed by atoms with E-state index in [2.05, 4.69) is 44.2 Å². The number of hydrogen-bond acceptors (Lipinski definition) is 4.